The Morgan fingerprint density at radius 3 is 2.77 bits per heavy atom. The van der Waals surface area contributed by atoms with Gasteiger partial charge < -0.3 is 9.72 Å². The van der Waals surface area contributed by atoms with E-state index in [1.54, 1.807) is 19.4 Å². The lowest BCUT2D eigenvalue weighted by Gasteiger charge is -2.02. The Hall–Kier alpha value is -3.08. The van der Waals surface area contributed by atoms with Crippen LogP contribution in [0.3, 0.4) is 0 Å². The third kappa shape index (κ3) is 2.83. The van der Waals surface area contributed by atoms with E-state index in [1.165, 1.54) is 0 Å². The number of carbonyl (C=O) groups is 1. The normalized spacial score (nSPS) is 11.0. The van der Waals surface area contributed by atoms with Crippen LogP contribution in [0, 0.1) is 0 Å². The van der Waals surface area contributed by atoms with Gasteiger partial charge in [0.25, 0.3) is 5.91 Å². The molecule has 1 heterocycles. The Morgan fingerprint density at radius 2 is 2.00 bits per heavy atom. The summed E-state index contributed by atoms with van der Waals surface area (Å²) in [6, 6.07) is 14.9. The summed E-state index contributed by atoms with van der Waals surface area (Å²) < 4.78 is 5.09. The Balaban J connectivity index is 1.71. The zero-order valence-corrected chi connectivity index (χ0v) is 12.0. The molecule has 0 radical (unpaired) electrons. The van der Waals surface area contributed by atoms with Gasteiger partial charge in [0.05, 0.1) is 24.4 Å². The number of para-hydroxylation sites is 1. The predicted molar refractivity (Wildman–Crippen MR) is 86.4 cm³/mol. The van der Waals surface area contributed by atoms with Gasteiger partial charge in [0.15, 0.2) is 0 Å². The fourth-order valence-corrected chi connectivity index (χ4v) is 2.19. The smallest absolute Gasteiger partial charge is 0.273 e. The van der Waals surface area contributed by atoms with Gasteiger partial charge in [-0.15, -0.1) is 0 Å². The molecule has 0 spiro atoms. The van der Waals surface area contributed by atoms with E-state index in [-0.39, 0.29) is 5.91 Å². The molecule has 3 aromatic rings. The molecule has 0 bridgehead atoms. The summed E-state index contributed by atoms with van der Waals surface area (Å²) in [4.78, 5) is 15.2. The lowest BCUT2D eigenvalue weighted by molar-refractivity contribution is 0.0956. The number of amides is 1. The lowest BCUT2D eigenvalue weighted by atomic mass is 10.1. The first-order valence-electron chi connectivity index (χ1n) is 6.81. The molecule has 5 nitrogen and oxygen atoms in total. The van der Waals surface area contributed by atoms with Crippen molar-refractivity contribution >= 4 is 23.0 Å². The number of rotatable bonds is 4. The summed E-state index contributed by atoms with van der Waals surface area (Å²) in [6.07, 6.45) is 3.40. The van der Waals surface area contributed by atoms with Crippen LogP contribution in [0.2, 0.25) is 0 Å². The van der Waals surface area contributed by atoms with Gasteiger partial charge in [-0.2, -0.15) is 5.10 Å². The van der Waals surface area contributed by atoms with Crippen molar-refractivity contribution in [1.82, 2.24) is 10.4 Å². The Bertz CT molecular complexity index is 819. The Labute approximate surface area is 127 Å². The molecule has 3 rings (SSSR count). The maximum atomic E-state index is 12.2. The SMILES string of the molecule is COc1ccc(/C=N\NC(=O)c2cccc3cc[nH]c23)cc1. The number of fused-ring (bicyclic) bond motifs is 1. The van der Waals surface area contributed by atoms with Gasteiger partial charge in [-0.3, -0.25) is 4.79 Å². The van der Waals surface area contributed by atoms with Gasteiger partial charge in [0, 0.05) is 11.6 Å². The highest BCUT2D eigenvalue weighted by Crippen LogP contribution is 2.16. The summed E-state index contributed by atoms with van der Waals surface area (Å²) >= 11 is 0. The van der Waals surface area contributed by atoms with E-state index in [0.29, 0.717) is 5.56 Å². The van der Waals surface area contributed by atoms with Crippen LogP contribution in [0.25, 0.3) is 10.9 Å². The monoisotopic (exact) mass is 293 g/mol. The number of nitrogens with zero attached hydrogens (tertiary/aromatic N) is 1. The van der Waals surface area contributed by atoms with Crippen molar-refractivity contribution < 1.29 is 9.53 Å². The van der Waals surface area contributed by atoms with Gasteiger partial charge in [-0.1, -0.05) is 12.1 Å². The van der Waals surface area contributed by atoms with E-state index in [4.69, 9.17) is 4.74 Å². The van der Waals surface area contributed by atoms with Crippen LogP contribution < -0.4 is 10.2 Å². The molecule has 0 atom stereocenters. The van der Waals surface area contributed by atoms with Crippen LogP contribution in [0.15, 0.2) is 59.8 Å². The molecule has 0 fully saturated rings. The largest absolute Gasteiger partial charge is 0.497 e. The zero-order chi connectivity index (χ0) is 15.4. The third-order valence-electron chi connectivity index (χ3n) is 3.33. The molecule has 110 valence electrons. The number of nitrogens with one attached hydrogen (secondary N) is 2. The molecule has 2 N–H and O–H groups in total. The lowest BCUT2D eigenvalue weighted by Crippen LogP contribution is -2.17. The molecule has 0 aliphatic carbocycles. The maximum Gasteiger partial charge on any atom is 0.273 e. The summed E-state index contributed by atoms with van der Waals surface area (Å²) in [7, 11) is 1.62. The summed E-state index contributed by atoms with van der Waals surface area (Å²) in [5, 5.41) is 4.98. The fraction of sp³-hybridized carbons (Fsp3) is 0.0588. The molecule has 0 saturated carbocycles. The number of hydrazone groups is 1. The first-order chi connectivity index (χ1) is 10.8. The molecule has 0 unspecified atom stereocenters. The average Bonchev–Trinajstić information content (AvgIpc) is 3.04. The van der Waals surface area contributed by atoms with E-state index in [9.17, 15) is 4.79 Å². The number of carbonyl (C=O) groups excluding carboxylic acids is 1. The van der Waals surface area contributed by atoms with Crippen LogP contribution in [0.1, 0.15) is 15.9 Å². The van der Waals surface area contributed by atoms with Crippen molar-refractivity contribution in [2.45, 2.75) is 0 Å². The van der Waals surface area contributed by atoms with Crippen molar-refractivity contribution in [2.75, 3.05) is 7.11 Å². The van der Waals surface area contributed by atoms with E-state index < -0.39 is 0 Å². The van der Waals surface area contributed by atoms with Gasteiger partial charge in [0.2, 0.25) is 0 Å². The van der Waals surface area contributed by atoms with Crippen LogP contribution >= 0.6 is 0 Å². The number of H-pyrrole nitrogens is 1. The maximum absolute atomic E-state index is 12.2. The van der Waals surface area contributed by atoms with Gasteiger partial charge in [-0.25, -0.2) is 5.43 Å². The minimum atomic E-state index is -0.252. The zero-order valence-electron chi connectivity index (χ0n) is 12.0. The fourth-order valence-electron chi connectivity index (χ4n) is 2.19. The Morgan fingerprint density at radius 1 is 1.18 bits per heavy atom. The summed E-state index contributed by atoms with van der Waals surface area (Å²) in [5.41, 5.74) is 4.78. The minimum absolute atomic E-state index is 0.252. The number of aromatic nitrogens is 1. The number of ether oxygens (including phenoxy) is 1. The number of benzene rings is 2. The average molecular weight is 293 g/mol. The van der Waals surface area contributed by atoms with Crippen LogP contribution in [0.4, 0.5) is 0 Å². The molecular weight excluding hydrogens is 278 g/mol. The molecule has 1 amide bonds. The highest BCUT2D eigenvalue weighted by molar-refractivity contribution is 6.05. The van der Waals surface area contributed by atoms with E-state index in [0.717, 1.165) is 22.2 Å². The molecular formula is C17H15N3O2. The van der Waals surface area contributed by atoms with E-state index in [1.807, 2.05) is 48.7 Å². The van der Waals surface area contributed by atoms with Crippen molar-refractivity contribution in [2.24, 2.45) is 5.10 Å². The minimum Gasteiger partial charge on any atom is -0.497 e. The molecule has 22 heavy (non-hydrogen) atoms. The summed E-state index contributed by atoms with van der Waals surface area (Å²) in [6.45, 7) is 0. The van der Waals surface area contributed by atoms with Gasteiger partial charge >= 0.3 is 0 Å². The molecule has 0 aliphatic rings. The highest BCUT2D eigenvalue weighted by atomic mass is 16.5. The number of methoxy groups -OCH3 is 1. The van der Waals surface area contributed by atoms with Gasteiger partial charge in [0.1, 0.15) is 5.75 Å². The molecule has 1 aromatic heterocycles. The van der Waals surface area contributed by atoms with E-state index >= 15 is 0 Å². The highest BCUT2D eigenvalue weighted by Gasteiger charge is 2.09. The van der Waals surface area contributed by atoms with Gasteiger partial charge in [-0.05, 0) is 42.0 Å². The number of hydrogen-bond acceptors (Lipinski definition) is 3. The molecule has 0 aliphatic heterocycles. The second-order valence-corrected chi connectivity index (χ2v) is 4.72. The predicted octanol–water partition coefficient (Wildman–Crippen LogP) is 2.94. The van der Waals surface area contributed by atoms with Crippen LogP contribution in [-0.2, 0) is 0 Å². The summed E-state index contributed by atoms with van der Waals surface area (Å²) in [5.74, 6) is 0.525. The van der Waals surface area contributed by atoms with Crippen molar-refractivity contribution in [3.8, 4) is 5.75 Å². The molecule has 2 aromatic carbocycles. The number of hydrogen-bond donors (Lipinski definition) is 2. The first kappa shape index (κ1) is 13.9. The first-order valence-corrected chi connectivity index (χ1v) is 6.81. The molecule has 5 heteroatoms. The standard InChI is InChI=1S/C17H15N3O2/c1-22-14-7-5-12(6-8-14)11-19-20-17(21)15-4-2-3-13-9-10-18-16(13)15/h2-11,18H,1H3,(H,20,21)/b19-11-. The van der Waals surface area contributed by atoms with Crippen molar-refractivity contribution in [3.05, 3.63) is 65.9 Å². The molecule has 0 saturated heterocycles. The second kappa shape index (κ2) is 6.13. The van der Waals surface area contributed by atoms with Crippen LogP contribution in [0.5, 0.6) is 5.75 Å². The van der Waals surface area contributed by atoms with Crippen molar-refractivity contribution in [1.29, 1.82) is 0 Å². The third-order valence-corrected chi connectivity index (χ3v) is 3.33. The topological polar surface area (TPSA) is 66.5 Å². The van der Waals surface area contributed by atoms with Crippen molar-refractivity contribution in [3.63, 3.8) is 0 Å². The quantitative estimate of drug-likeness (QED) is 0.573. The van der Waals surface area contributed by atoms with Crippen LogP contribution in [-0.4, -0.2) is 24.2 Å². The second-order valence-electron chi connectivity index (χ2n) is 4.72. The number of aromatic amines is 1. The van der Waals surface area contributed by atoms with E-state index in [2.05, 4.69) is 15.5 Å². The Kier molecular flexibility index (Phi) is 3.87.